The molecule has 0 saturated carbocycles. The van der Waals surface area contributed by atoms with Gasteiger partial charge in [-0.3, -0.25) is 0 Å². The van der Waals surface area contributed by atoms with Crippen molar-refractivity contribution >= 4 is 35.2 Å². The van der Waals surface area contributed by atoms with Crippen molar-refractivity contribution in [3.63, 3.8) is 0 Å². The Bertz CT molecular complexity index is 1120. The topological polar surface area (TPSA) is 26.3 Å². The van der Waals surface area contributed by atoms with Gasteiger partial charge in [-0.05, 0) is 48.0 Å². The number of benzene rings is 4. The molecule has 1 aliphatic rings. The van der Waals surface area contributed by atoms with E-state index >= 15 is 0 Å². The molecule has 1 aliphatic heterocycles. The van der Waals surface area contributed by atoms with E-state index < -0.39 is 7.26 Å². The van der Waals surface area contributed by atoms with Gasteiger partial charge in [0.05, 0.1) is 5.57 Å². The third-order valence-electron chi connectivity index (χ3n) is 6.05. The highest BCUT2D eigenvalue weighted by atomic mass is 31.2. The molecule has 0 aliphatic carbocycles. The third-order valence-corrected chi connectivity index (χ3v) is 10.7. The van der Waals surface area contributed by atoms with Crippen LogP contribution in [0.4, 0.5) is 0 Å². The lowest BCUT2D eigenvalue weighted by atomic mass is 10.1. The maximum absolute atomic E-state index is 13.1. The van der Waals surface area contributed by atoms with Gasteiger partial charge in [0.25, 0.3) is 0 Å². The molecular weight excluding hydrogens is 411 g/mol. The molecule has 3 heteroatoms. The lowest BCUT2D eigenvalue weighted by Crippen LogP contribution is -2.40. The summed E-state index contributed by atoms with van der Waals surface area (Å²) in [5.74, 6) is -0.217. The van der Waals surface area contributed by atoms with Crippen molar-refractivity contribution in [3.05, 3.63) is 132 Å². The Hall–Kier alpha value is -3.48. The summed E-state index contributed by atoms with van der Waals surface area (Å²) in [5, 5.41) is 3.75. The van der Waals surface area contributed by atoms with Gasteiger partial charge in [-0.25, -0.2) is 4.79 Å². The van der Waals surface area contributed by atoms with Crippen molar-refractivity contribution in [2.75, 3.05) is 6.61 Å². The lowest BCUT2D eigenvalue weighted by Gasteiger charge is -2.32. The Morgan fingerprint density at radius 1 is 0.625 bits per heavy atom. The Kier molecular flexibility index (Phi) is 5.71. The molecule has 0 aromatic heterocycles. The number of rotatable bonds is 5. The number of hydrogen-bond acceptors (Lipinski definition) is 2. The lowest BCUT2D eigenvalue weighted by molar-refractivity contribution is -0.134. The van der Waals surface area contributed by atoms with Gasteiger partial charge in [-0.2, -0.15) is 0 Å². The fourth-order valence-electron chi connectivity index (χ4n) is 4.64. The monoisotopic (exact) mass is 435 g/mol. The van der Waals surface area contributed by atoms with E-state index in [1.165, 1.54) is 15.9 Å². The first-order chi connectivity index (χ1) is 15.8. The fraction of sp³-hybridized carbons (Fsp3) is 0.0690. The van der Waals surface area contributed by atoms with Crippen LogP contribution in [-0.2, 0) is 9.53 Å². The van der Waals surface area contributed by atoms with Crippen molar-refractivity contribution in [1.82, 2.24) is 0 Å². The maximum Gasteiger partial charge on any atom is 0.338 e. The van der Waals surface area contributed by atoms with Crippen LogP contribution in [0.25, 0.3) is 6.08 Å². The minimum absolute atomic E-state index is 0.0672. The van der Waals surface area contributed by atoms with Gasteiger partial charge < -0.3 is 4.74 Å². The Morgan fingerprint density at radius 2 is 1.03 bits per heavy atom. The predicted octanol–water partition coefficient (Wildman–Crippen LogP) is 4.99. The van der Waals surface area contributed by atoms with Crippen LogP contribution in [0.3, 0.4) is 0 Å². The summed E-state index contributed by atoms with van der Waals surface area (Å²) in [7, 11) is -2.25. The summed E-state index contributed by atoms with van der Waals surface area (Å²) in [6, 6.07) is 42.0. The van der Waals surface area contributed by atoms with E-state index in [1.54, 1.807) is 0 Å². The Labute approximate surface area is 189 Å². The predicted molar refractivity (Wildman–Crippen MR) is 134 cm³/mol. The molecule has 0 bridgehead atoms. The second kappa shape index (κ2) is 8.94. The fourth-order valence-corrected chi connectivity index (χ4v) is 9.44. The molecule has 156 valence electrons. The van der Waals surface area contributed by atoms with Gasteiger partial charge in [0.15, 0.2) is 0 Å². The van der Waals surface area contributed by atoms with Crippen LogP contribution >= 0.6 is 7.26 Å². The van der Waals surface area contributed by atoms with Crippen molar-refractivity contribution < 1.29 is 9.53 Å². The zero-order chi connectivity index (χ0) is 21.8. The van der Waals surface area contributed by atoms with Crippen LogP contribution in [0.15, 0.2) is 127 Å². The third kappa shape index (κ3) is 3.57. The van der Waals surface area contributed by atoms with Crippen molar-refractivity contribution in [2.45, 2.75) is 5.66 Å². The first-order valence-electron chi connectivity index (χ1n) is 10.8. The molecule has 0 radical (unpaired) electrons. The van der Waals surface area contributed by atoms with E-state index in [0.717, 1.165) is 11.1 Å². The molecule has 32 heavy (non-hydrogen) atoms. The van der Waals surface area contributed by atoms with Crippen molar-refractivity contribution in [1.29, 1.82) is 0 Å². The Balaban J connectivity index is 1.82. The zero-order valence-electron chi connectivity index (χ0n) is 17.7. The molecule has 1 fully saturated rings. The smallest absolute Gasteiger partial charge is 0.338 e. The summed E-state index contributed by atoms with van der Waals surface area (Å²) in [6.07, 6.45) is 2.02. The summed E-state index contributed by atoms with van der Waals surface area (Å²) < 4.78 is 5.74. The average molecular weight is 435 g/mol. The van der Waals surface area contributed by atoms with E-state index in [4.69, 9.17) is 4.74 Å². The second-order valence-electron chi connectivity index (χ2n) is 7.85. The highest BCUT2D eigenvalue weighted by Gasteiger charge is 2.58. The van der Waals surface area contributed by atoms with Crippen molar-refractivity contribution in [2.24, 2.45) is 0 Å². The molecule has 0 amide bonds. The molecule has 0 unspecified atom stereocenters. The average Bonchev–Trinajstić information content (AvgIpc) is 3.22. The minimum atomic E-state index is -2.25. The molecule has 0 N–H and O–H groups in total. The van der Waals surface area contributed by atoms with Crippen molar-refractivity contribution in [3.8, 4) is 0 Å². The number of cyclic esters (lactones) is 1. The minimum Gasteiger partial charge on any atom is -0.458 e. The van der Waals surface area contributed by atoms with Gasteiger partial charge >= 0.3 is 5.97 Å². The number of ether oxygens (including phenoxy) is 1. The van der Waals surface area contributed by atoms with Gasteiger partial charge in [-0.1, -0.05) is 84.9 Å². The molecule has 1 atom stereocenters. The zero-order valence-corrected chi connectivity index (χ0v) is 18.6. The van der Waals surface area contributed by atoms with Crippen LogP contribution in [0, 0.1) is 0 Å². The van der Waals surface area contributed by atoms with E-state index in [9.17, 15) is 4.79 Å². The molecule has 1 heterocycles. The number of carbonyl (C=O) groups excluding carboxylic acids is 1. The van der Waals surface area contributed by atoms with Gasteiger partial charge in [0, 0.05) is 0 Å². The second-order valence-corrected chi connectivity index (χ2v) is 11.5. The normalized spacial score (nSPS) is 17.3. The summed E-state index contributed by atoms with van der Waals surface area (Å²) in [6.45, 7) is 0.379. The van der Waals surface area contributed by atoms with Crippen LogP contribution in [0.2, 0.25) is 0 Å². The number of hydrogen-bond donors (Lipinski definition) is 0. The van der Waals surface area contributed by atoms with Crippen LogP contribution < -0.4 is 15.9 Å². The SMILES string of the molecule is O=C1OC[C@@H]([P+](c2ccccc2)(c2ccccc2)c2ccccc2)/C1=C/c1ccccc1. The van der Waals surface area contributed by atoms with Gasteiger partial charge in [0.2, 0.25) is 0 Å². The molecule has 2 nitrogen and oxygen atoms in total. The maximum atomic E-state index is 13.1. The summed E-state index contributed by atoms with van der Waals surface area (Å²) in [4.78, 5) is 13.1. The van der Waals surface area contributed by atoms with Crippen LogP contribution in [0.1, 0.15) is 5.56 Å². The first-order valence-corrected chi connectivity index (χ1v) is 12.7. The molecule has 1 saturated heterocycles. The largest absolute Gasteiger partial charge is 0.458 e. The highest BCUT2D eigenvalue weighted by Crippen LogP contribution is 2.63. The van der Waals surface area contributed by atoms with E-state index in [0.29, 0.717) is 6.61 Å². The molecular formula is C29H24O2P+. The quantitative estimate of drug-likeness (QED) is 0.251. The molecule has 0 spiro atoms. The van der Waals surface area contributed by atoms with Crippen LogP contribution in [-0.4, -0.2) is 18.2 Å². The van der Waals surface area contributed by atoms with E-state index in [-0.39, 0.29) is 11.6 Å². The number of carbonyl (C=O) groups is 1. The molecule has 4 aromatic carbocycles. The first kappa shape index (κ1) is 20.4. The highest BCUT2D eigenvalue weighted by molar-refractivity contribution is 7.96. The Morgan fingerprint density at radius 3 is 1.47 bits per heavy atom. The summed E-state index contributed by atoms with van der Waals surface area (Å²) in [5.41, 5.74) is 1.70. The number of esters is 1. The summed E-state index contributed by atoms with van der Waals surface area (Å²) >= 11 is 0. The molecule has 4 aromatic rings. The molecule has 5 rings (SSSR count). The van der Waals surface area contributed by atoms with E-state index in [1.807, 2.05) is 54.6 Å². The van der Waals surface area contributed by atoms with E-state index in [2.05, 4.69) is 72.8 Å². The standard InChI is InChI=1S/C29H24O2P/c30-29-27(21-23-13-5-1-6-14-23)28(22-31-29)32(24-15-7-2-8-16-24,25-17-9-3-10-18-25)26-19-11-4-12-20-26/h1-21,28H,22H2/q+1/b27-21-/t28-/m1/s1. The van der Waals surface area contributed by atoms with Crippen LogP contribution in [0.5, 0.6) is 0 Å². The van der Waals surface area contributed by atoms with Gasteiger partial charge in [-0.15, -0.1) is 0 Å². The van der Waals surface area contributed by atoms with Gasteiger partial charge in [0.1, 0.15) is 35.4 Å².